The van der Waals surface area contributed by atoms with Crippen LogP contribution in [-0.2, 0) is 0 Å². The SMILES string of the molecule is C=CCCC(NCC)C1C2CCCC21. The van der Waals surface area contributed by atoms with Crippen molar-refractivity contribution in [2.45, 2.75) is 45.1 Å². The van der Waals surface area contributed by atoms with Crippen LogP contribution in [0, 0.1) is 17.8 Å². The van der Waals surface area contributed by atoms with E-state index in [-0.39, 0.29) is 0 Å². The van der Waals surface area contributed by atoms with Crippen LogP contribution in [0.25, 0.3) is 0 Å². The molecule has 0 amide bonds. The van der Waals surface area contributed by atoms with Gasteiger partial charge in [0.2, 0.25) is 0 Å². The Balaban J connectivity index is 1.81. The Bertz CT molecular complexity index is 189. The molecule has 0 bridgehead atoms. The molecule has 3 atom stereocenters. The summed E-state index contributed by atoms with van der Waals surface area (Å²) in [5, 5.41) is 3.66. The zero-order valence-electron chi connectivity index (χ0n) is 9.34. The molecular formula is C13H23N. The minimum absolute atomic E-state index is 0.785. The molecule has 14 heavy (non-hydrogen) atoms. The van der Waals surface area contributed by atoms with Crippen molar-refractivity contribution in [1.82, 2.24) is 5.32 Å². The number of fused-ring (bicyclic) bond motifs is 1. The summed E-state index contributed by atoms with van der Waals surface area (Å²) in [6.07, 6.45) is 9.04. The number of allylic oxidation sites excluding steroid dienone is 1. The third kappa shape index (κ3) is 1.88. The van der Waals surface area contributed by atoms with E-state index in [1.165, 1.54) is 32.1 Å². The van der Waals surface area contributed by atoms with E-state index >= 15 is 0 Å². The normalized spacial score (nSPS) is 36.5. The van der Waals surface area contributed by atoms with Gasteiger partial charge in [-0.05, 0) is 50.0 Å². The van der Waals surface area contributed by atoms with Crippen molar-refractivity contribution in [2.75, 3.05) is 6.54 Å². The van der Waals surface area contributed by atoms with Gasteiger partial charge < -0.3 is 5.32 Å². The smallest absolute Gasteiger partial charge is 0.0104 e. The van der Waals surface area contributed by atoms with Crippen molar-refractivity contribution in [2.24, 2.45) is 17.8 Å². The maximum Gasteiger partial charge on any atom is 0.0104 e. The van der Waals surface area contributed by atoms with E-state index in [4.69, 9.17) is 0 Å². The average Bonchev–Trinajstić information content (AvgIpc) is 2.68. The second kappa shape index (κ2) is 4.48. The lowest BCUT2D eigenvalue weighted by Gasteiger charge is -2.18. The first-order valence-electron chi connectivity index (χ1n) is 6.22. The Labute approximate surface area is 88.0 Å². The molecule has 1 nitrogen and oxygen atoms in total. The molecule has 0 spiro atoms. The van der Waals surface area contributed by atoms with Gasteiger partial charge in [0.1, 0.15) is 0 Å². The van der Waals surface area contributed by atoms with Crippen molar-refractivity contribution < 1.29 is 0 Å². The largest absolute Gasteiger partial charge is 0.314 e. The van der Waals surface area contributed by atoms with Gasteiger partial charge in [0.05, 0.1) is 0 Å². The lowest BCUT2D eigenvalue weighted by Crippen LogP contribution is -2.32. The number of rotatable bonds is 6. The fourth-order valence-corrected chi connectivity index (χ4v) is 3.46. The quantitative estimate of drug-likeness (QED) is 0.639. The van der Waals surface area contributed by atoms with E-state index in [0.29, 0.717) is 0 Å². The van der Waals surface area contributed by atoms with E-state index in [9.17, 15) is 0 Å². The van der Waals surface area contributed by atoms with Crippen molar-refractivity contribution in [3.05, 3.63) is 12.7 Å². The van der Waals surface area contributed by atoms with Crippen LogP contribution in [0.3, 0.4) is 0 Å². The molecule has 1 heteroatoms. The summed E-state index contributed by atoms with van der Waals surface area (Å²) < 4.78 is 0. The monoisotopic (exact) mass is 193 g/mol. The second-order valence-electron chi connectivity index (χ2n) is 4.87. The average molecular weight is 193 g/mol. The first kappa shape index (κ1) is 10.2. The van der Waals surface area contributed by atoms with Crippen LogP contribution < -0.4 is 5.32 Å². The topological polar surface area (TPSA) is 12.0 Å². The first-order valence-corrected chi connectivity index (χ1v) is 6.22. The Kier molecular flexibility index (Phi) is 3.27. The molecule has 80 valence electrons. The predicted molar refractivity (Wildman–Crippen MR) is 61.2 cm³/mol. The highest BCUT2D eigenvalue weighted by molar-refractivity contribution is 5.06. The van der Waals surface area contributed by atoms with Gasteiger partial charge in [-0.25, -0.2) is 0 Å². The van der Waals surface area contributed by atoms with E-state index in [2.05, 4.69) is 24.9 Å². The highest BCUT2D eigenvalue weighted by atomic mass is 14.9. The van der Waals surface area contributed by atoms with Crippen LogP contribution in [0.4, 0.5) is 0 Å². The van der Waals surface area contributed by atoms with Gasteiger partial charge >= 0.3 is 0 Å². The van der Waals surface area contributed by atoms with Gasteiger partial charge in [0.15, 0.2) is 0 Å². The molecule has 0 heterocycles. The van der Waals surface area contributed by atoms with Gasteiger partial charge in [-0.1, -0.05) is 19.4 Å². The maximum atomic E-state index is 3.82. The van der Waals surface area contributed by atoms with Crippen LogP contribution in [0.2, 0.25) is 0 Å². The highest BCUT2D eigenvalue weighted by Gasteiger charge is 2.55. The Morgan fingerprint density at radius 1 is 1.43 bits per heavy atom. The standard InChI is InChI=1S/C13H23N/c1-3-5-9-12(14-4-2)13-10-7-6-8-11(10)13/h3,10-14H,1,4-9H2,2H3. The van der Waals surface area contributed by atoms with Gasteiger partial charge in [0, 0.05) is 6.04 Å². The fourth-order valence-electron chi connectivity index (χ4n) is 3.46. The van der Waals surface area contributed by atoms with Crippen molar-refractivity contribution in [1.29, 1.82) is 0 Å². The number of hydrogen-bond acceptors (Lipinski definition) is 1. The summed E-state index contributed by atoms with van der Waals surface area (Å²) in [4.78, 5) is 0. The van der Waals surface area contributed by atoms with Crippen LogP contribution in [0.5, 0.6) is 0 Å². The summed E-state index contributed by atoms with van der Waals surface area (Å²) in [5.41, 5.74) is 0. The van der Waals surface area contributed by atoms with Gasteiger partial charge in [0.25, 0.3) is 0 Å². The molecule has 2 saturated carbocycles. The van der Waals surface area contributed by atoms with Gasteiger partial charge in [-0.3, -0.25) is 0 Å². The third-order valence-corrected chi connectivity index (χ3v) is 4.09. The molecule has 1 N–H and O–H groups in total. The molecule has 2 fully saturated rings. The van der Waals surface area contributed by atoms with Gasteiger partial charge in [-0.15, -0.1) is 6.58 Å². The lowest BCUT2D eigenvalue weighted by molar-refractivity contribution is 0.394. The highest BCUT2D eigenvalue weighted by Crippen LogP contribution is 2.59. The van der Waals surface area contributed by atoms with Crippen molar-refractivity contribution >= 4 is 0 Å². The lowest BCUT2D eigenvalue weighted by atomic mass is 10.00. The second-order valence-corrected chi connectivity index (χ2v) is 4.87. The Hall–Kier alpha value is -0.300. The molecule has 2 aliphatic rings. The van der Waals surface area contributed by atoms with E-state index in [1.807, 2.05) is 0 Å². The summed E-state index contributed by atoms with van der Waals surface area (Å²) in [7, 11) is 0. The third-order valence-electron chi connectivity index (χ3n) is 4.09. The molecule has 3 unspecified atom stereocenters. The van der Waals surface area contributed by atoms with Gasteiger partial charge in [-0.2, -0.15) is 0 Å². The minimum atomic E-state index is 0.785. The summed E-state index contributed by atoms with van der Waals surface area (Å²) >= 11 is 0. The van der Waals surface area contributed by atoms with Crippen LogP contribution in [0.15, 0.2) is 12.7 Å². The van der Waals surface area contributed by atoms with Crippen molar-refractivity contribution in [3.8, 4) is 0 Å². The van der Waals surface area contributed by atoms with Crippen LogP contribution >= 0.6 is 0 Å². The predicted octanol–water partition coefficient (Wildman–Crippen LogP) is 2.98. The molecule has 0 aromatic carbocycles. The summed E-state index contributed by atoms with van der Waals surface area (Å²) in [5.74, 6) is 3.19. The summed E-state index contributed by atoms with van der Waals surface area (Å²) in [6.45, 7) is 7.16. The van der Waals surface area contributed by atoms with E-state index in [1.54, 1.807) is 0 Å². The molecule has 0 radical (unpaired) electrons. The van der Waals surface area contributed by atoms with Crippen LogP contribution in [-0.4, -0.2) is 12.6 Å². The molecule has 0 aliphatic heterocycles. The molecule has 0 aromatic heterocycles. The Morgan fingerprint density at radius 3 is 2.71 bits per heavy atom. The maximum absolute atomic E-state index is 3.82. The zero-order chi connectivity index (χ0) is 9.97. The molecule has 2 aliphatic carbocycles. The van der Waals surface area contributed by atoms with E-state index < -0.39 is 0 Å². The molecule has 2 rings (SSSR count). The fraction of sp³-hybridized carbons (Fsp3) is 0.846. The van der Waals surface area contributed by atoms with Crippen molar-refractivity contribution in [3.63, 3.8) is 0 Å². The number of nitrogens with one attached hydrogen (secondary N) is 1. The minimum Gasteiger partial charge on any atom is -0.314 e. The van der Waals surface area contributed by atoms with Crippen LogP contribution in [0.1, 0.15) is 39.0 Å². The molecular weight excluding hydrogens is 170 g/mol. The number of hydrogen-bond donors (Lipinski definition) is 1. The first-order chi connectivity index (χ1) is 6.88. The summed E-state index contributed by atoms with van der Waals surface area (Å²) in [6, 6.07) is 0.785. The molecule has 0 aromatic rings. The van der Waals surface area contributed by atoms with E-state index in [0.717, 1.165) is 30.3 Å². The zero-order valence-corrected chi connectivity index (χ0v) is 9.34. The Morgan fingerprint density at radius 2 is 2.14 bits per heavy atom. The molecule has 0 saturated heterocycles.